The number of carbonyl (C=O) groups is 1. The molecule has 24 heavy (non-hydrogen) atoms. The first kappa shape index (κ1) is 14.6. The van der Waals surface area contributed by atoms with Crippen molar-refractivity contribution in [3.63, 3.8) is 0 Å². The Morgan fingerprint density at radius 1 is 1.29 bits per heavy atom. The van der Waals surface area contributed by atoms with Crippen molar-refractivity contribution < 1.29 is 9.18 Å². The number of nitrogens with two attached hydrogens (primary N) is 1. The van der Waals surface area contributed by atoms with Crippen LogP contribution >= 0.6 is 0 Å². The van der Waals surface area contributed by atoms with E-state index in [0.29, 0.717) is 16.6 Å². The van der Waals surface area contributed by atoms with Gasteiger partial charge in [-0.3, -0.25) is 9.59 Å². The number of hydrogen-bond donors (Lipinski definition) is 1. The maximum absolute atomic E-state index is 13.2. The van der Waals surface area contributed by atoms with E-state index in [9.17, 15) is 14.0 Å². The van der Waals surface area contributed by atoms with Gasteiger partial charge in [0.2, 0.25) is 5.91 Å². The molecule has 0 spiro atoms. The van der Waals surface area contributed by atoms with Crippen molar-refractivity contribution >= 4 is 16.8 Å². The van der Waals surface area contributed by atoms with E-state index in [1.54, 1.807) is 6.20 Å². The standard InChI is InChI=1S/C16H14FN5O2/c17-10-3-5-11(6-4-10)22-15-12(7-19-22)14(9-1-2-9)20-21(16(15)24)8-13(18)23/h3-7,9H,1-2,8H2,(H2,18,23). The number of amides is 1. The van der Waals surface area contributed by atoms with Gasteiger partial charge in [-0.25, -0.2) is 13.8 Å². The minimum absolute atomic E-state index is 0.262. The maximum Gasteiger partial charge on any atom is 0.293 e. The Kier molecular flexibility index (Phi) is 3.19. The Morgan fingerprint density at radius 2 is 2.00 bits per heavy atom. The highest BCUT2D eigenvalue weighted by Gasteiger charge is 2.30. The number of nitrogens with zero attached hydrogens (tertiary/aromatic N) is 4. The van der Waals surface area contributed by atoms with E-state index in [4.69, 9.17) is 5.73 Å². The van der Waals surface area contributed by atoms with E-state index in [0.717, 1.165) is 23.2 Å². The third kappa shape index (κ3) is 2.36. The molecule has 1 aliphatic carbocycles. The van der Waals surface area contributed by atoms with E-state index in [2.05, 4.69) is 10.2 Å². The number of carbonyl (C=O) groups excluding carboxylic acids is 1. The number of primary amides is 1. The molecule has 2 aromatic heterocycles. The Hall–Kier alpha value is -3.03. The molecule has 1 aromatic carbocycles. The number of fused-ring (bicyclic) bond motifs is 1. The fourth-order valence-corrected chi connectivity index (χ4v) is 2.78. The van der Waals surface area contributed by atoms with Crippen LogP contribution in [0.1, 0.15) is 24.5 Å². The zero-order valence-electron chi connectivity index (χ0n) is 12.6. The predicted octanol–water partition coefficient (Wildman–Crippen LogP) is 1.08. The highest BCUT2D eigenvalue weighted by molar-refractivity contribution is 5.82. The molecule has 0 unspecified atom stereocenters. The van der Waals surface area contributed by atoms with Crippen LogP contribution < -0.4 is 11.3 Å². The second kappa shape index (κ2) is 5.26. The van der Waals surface area contributed by atoms with Gasteiger partial charge in [0.1, 0.15) is 17.9 Å². The monoisotopic (exact) mass is 327 g/mol. The Balaban J connectivity index is 1.99. The molecule has 1 aliphatic rings. The zero-order chi connectivity index (χ0) is 16.8. The summed E-state index contributed by atoms with van der Waals surface area (Å²) in [5.74, 6) is -0.752. The van der Waals surface area contributed by atoms with Gasteiger partial charge in [0, 0.05) is 11.3 Å². The fraction of sp³-hybridized carbons (Fsp3) is 0.250. The summed E-state index contributed by atoms with van der Waals surface area (Å²) in [5, 5.41) is 9.25. The quantitative estimate of drug-likeness (QED) is 0.775. The molecular weight excluding hydrogens is 313 g/mol. The summed E-state index contributed by atoms with van der Waals surface area (Å²) in [6.07, 6.45) is 3.56. The van der Waals surface area contributed by atoms with Gasteiger partial charge in [0.25, 0.3) is 5.56 Å². The molecule has 8 heteroatoms. The first-order chi connectivity index (χ1) is 11.5. The smallest absolute Gasteiger partial charge is 0.293 e. The van der Waals surface area contributed by atoms with E-state index < -0.39 is 11.5 Å². The first-order valence-electron chi connectivity index (χ1n) is 7.57. The lowest BCUT2D eigenvalue weighted by molar-refractivity contribution is -0.118. The molecule has 122 valence electrons. The summed E-state index contributed by atoms with van der Waals surface area (Å²) < 4.78 is 15.7. The van der Waals surface area contributed by atoms with Crippen LogP contribution in [0.5, 0.6) is 0 Å². The van der Waals surface area contributed by atoms with Gasteiger partial charge >= 0.3 is 0 Å². The molecule has 2 heterocycles. The van der Waals surface area contributed by atoms with Crippen molar-refractivity contribution in [1.29, 1.82) is 0 Å². The van der Waals surface area contributed by atoms with Crippen LogP contribution in [0.3, 0.4) is 0 Å². The van der Waals surface area contributed by atoms with Gasteiger partial charge < -0.3 is 5.73 Å². The number of halogens is 1. The SMILES string of the molecule is NC(=O)Cn1nc(C2CC2)c2cnn(-c3ccc(F)cc3)c2c1=O. The summed E-state index contributed by atoms with van der Waals surface area (Å²) in [5.41, 5.74) is 6.39. The lowest BCUT2D eigenvalue weighted by Gasteiger charge is -2.08. The van der Waals surface area contributed by atoms with Crippen molar-refractivity contribution in [1.82, 2.24) is 19.6 Å². The van der Waals surface area contributed by atoms with Gasteiger partial charge in [0.15, 0.2) is 0 Å². The average molecular weight is 327 g/mol. The Labute approximate surface area is 135 Å². The third-order valence-electron chi connectivity index (χ3n) is 4.05. The van der Waals surface area contributed by atoms with E-state index >= 15 is 0 Å². The Morgan fingerprint density at radius 3 is 2.62 bits per heavy atom. The lowest BCUT2D eigenvalue weighted by Crippen LogP contribution is -2.31. The molecule has 1 amide bonds. The average Bonchev–Trinajstić information content (AvgIpc) is 3.29. The lowest BCUT2D eigenvalue weighted by atomic mass is 10.2. The molecule has 2 N–H and O–H groups in total. The van der Waals surface area contributed by atoms with Crippen LogP contribution in [-0.4, -0.2) is 25.5 Å². The van der Waals surface area contributed by atoms with E-state index in [-0.39, 0.29) is 18.3 Å². The van der Waals surface area contributed by atoms with Crippen LogP contribution in [0, 0.1) is 5.82 Å². The Bertz CT molecular complexity index is 1000. The van der Waals surface area contributed by atoms with Crippen molar-refractivity contribution in [2.75, 3.05) is 0 Å². The van der Waals surface area contributed by atoms with Gasteiger partial charge in [0.05, 0.1) is 17.6 Å². The molecule has 3 aromatic rings. The molecule has 0 aliphatic heterocycles. The fourth-order valence-electron chi connectivity index (χ4n) is 2.78. The minimum atomic E-state index is -0.640. The molecule has 7 nitrogen and oxygen atoms in total. The molecule has 0 radical (unpaired) electrons. The molecule has 0 saturated heterocycles. The van der Waals surface area contributed by atoms with Crippen LogP contribution in [0.2, 0.25) is 0 Å². The van der Waals surface area contributed by atoms with E-state index in [1.807, 2.05) is 0 Å². The van der Waals surface area contributed by atoms with Crippen LogP contribution in [0.15, 0.2) is 35.3 Å². The zero-order valence-corrected chi connectivity index (χ0v) is 12.6. The number of benzene rings is 1. The van der Waals surface area contributed by atoms with E-state index in [1.165, 1.54) is 28.9 Å². The third-order valence-corrected chi connectivity index (χ3v) is 4.05. The molecule has 0 bridgehead atoms. The van der Waals surface area contributed by atoms with Gasteiger partial charge in [-0.2, -0.15) is 10.2 Å². The predicted molar refractivity (Wildman–Crippen MR) is 84.3 cm³/mol. The van der Waals surface area contributed by atoms with Gasteiger partial charge in [-0.15, -0.1) is 0 Å². The number of aromatic nitrogens is 4. The largest absolute Gasteiger partial charge is 0.368 e. The van der Waals surface area contributed by atoms with Gasteiger partial charge in [-0.05, 0) is 37.1 Å². The summed E-state index contributed by atoms with van der Waals surface area (Å²) >= 11 is 0. The second-order valence-electron chi connectivity index (χ2n) is 5.88. The maximum atomic E-state index is 13.2. The van der Waals surface area contributed by atoms with Crippen LogP contribution in [0.4, 0.5) is 4.39 Å². The highest BCUT2D eigenvalue weighted by atomic mass is 19.1. The van der Waals surface area contributed by atoms with Crippen LogP contribution in [0.25, 0.3) is 16.6 Å². The van der Waals surface area contributed by atoms with Crippen molar-refractivity contribution in [2.45, 2.75) is 25.3 Å². The van der Waals surface area contributed by atoms with Crippen molar-refractivity contribution in [3.05, 3.63) is 52.3 Å². The number of rotatable bonds is 4. The second-order valence-corrected chi connectivity index (χ2v) is 5.88. The molecule has 0 atom stereocenters. The number of hydrogen-bond acceptors (Lipinski definition) is 4. The summed E-state index contributed by atoms with van der Waals surface area (Å²) in [6.45, 7) is -0.289. The summed E-state index contributed by atoms with van der Waals surface area (Å²) in [4.78, 5) is 24.0. The highest BCUT2D eigenvalue weighted by Crippen LogP contribution is 2.41. The summed E-state index contributed by atoms with van der Waals surface area (Å²) in [6, 6.07) is 5.68. The van der Waals surface area contributed by atoms with Crippen molar-refractivity contribution in [2.24, 2.45) is 5.73 Å². The topological polar surface area (TPSA) is 95.8 Å². The van der Waals surface area contributed by atoms with Gasteiger partial charge in [-0.1, -0.05) is 0 Å². The summed E-state index contributed by atoms with van der Waals surface area (Å²) in [7, 11) is 0. The van der Waals surface area contributed by atoms with Crippen LogP contribution in [-0.2, 0) is 11.3 Å². The minimum Gasteiger partial charge on any atom is -0.368 e. The molecule has 4 rings (SSSR count). The molecule has 1 fully saturated rings. The normalized spacial score (nSPS) is 14.2. The first-order valence-corrected chi connectivity index (χ1v) is 7.57. The molecular formula is C16H14FN5O2. The van der Waals surface area contributed by atoms with Crippen molar-refractivity contribution in [3.8, 4) is 5.69 Å². The molecule has 1 saturated carbocycles.